The molecule has 1 heterocycles. The molecule has 4 heteroatoms. The molecule has 29 heavy (non-hydrogen) atoms. The summed E-state index contributed by atoms with van der Waals surface area (Å²) in [5.41, 5.74) is 1.78. The topological polar surface area (TPSA) is 46.6 Å². The highest BCUT2D eigenvalue weighted by Crippen LogP contribution is 2.45. The van der Waals surface area contributed by atoms with Crippen LogP contribution in [0.3, 0.4) is 0 Å². The number of rotatable bonds is 3. The first-order chi connectivity index (χ1) is 14.1. The van der Waals surface area contributed by atoms with Crippen LogP contribution in [0.15, 0.2) is 84.9 Å². The Balaban J connectivity index is 1.72. The largest absolute Gasteiger partial charge is 0.450 e. The lowest BCUT2D eigenvalue weighted by Gasteiger charge is -2.46. The van der Waals surface area contributed by atoms with Crippen molar-refractivity contribution in [2.24, 2.45) is 0 Å². The second-order valence-corrected chi connectivity index (χ2v) is 7.26. The van der Waals surface area contributed by atoms with Gasteiger partial charge < -0.3 is 4.74 Å². The highest BCUT2D eigenvalue weighted by atomic mass is 16.6. The standard InChI is InChI=1S/C25H19NO3/c1-16(27)29-24-23(17-9-3-2-4-10-17)26(25(24)28)22-15-18-11-5-6-12-19(18)20-13-7-8-14-21(20)22/h2-15,23-24H,1H3/t23-,24-/m1/s1. The van der Waals surface area contributed by atoms with Crippen LogP contribution < -0.4 is 4.90 Å². The van der Waals surface area contributed by atoms with E-state index in [1.807, 2.05) is 60.7 Å². The van der Waals surface area contributed by atoms with Gasteiger partial charge in [0.1, 0.15) is 6.04 Å². The first-order valence-electron chi connectivity index (χ1n) is 9.61. The fourth-order valence-corrected chi connectivity index (χ4v) is 4.23. The molecule has 0 N–H and O–H groups in total. The molecule has 4 nitrogen and oxygen atoms in total. The molecule has 4 aromatic rings. The summed E-state index contributed by atoms with van der Waals surface area (Å²) in [6, 6.07) is 27.7. The highest BCUT2D eigenvalue weighted by Gasteiger charge is 2.51. The maximum absolute atomic E-state index is 13.1. The van der Waals surface area contributed by atoms with Gasteiger partial charge in [-0.1, -0.05) is 78.9 Å². The fourth-order valence-electron chi connectivity index (χ4n) is 4.23. The molecule has 1 saturated heterocycles. The number of esters is 1. The molecule has 0 radical (unpaired) electrons. The van der Waals surface area contributed by atoms with Crippen LogP contribution in [0.5, 0.6) is 0 Å². The SMILES string of the molecule is CC(=O)O[C@H]1C(=O)N(c2cc3ccccc3c3ccccc23)[C@@H]1c1ccccc1. The van der Waals surface area contributed by atoms with Gasteiger partial charge in [0.2, 0.25) is 6.10 Å². The molecule has 1 aliphatic rings. The molecule has 0 aromatic heterocycles. The minimum Gasteiger partial charge on any atom is -0.450 e. The summed E-state index contributed by atoms with van der Waals surface area (Å²) in [5, 5.41) is 4.31. The molecule has 0 spiro atoms. The maximum Gasteiger partial charge on any atom is 0.303 e. The van der Waals surface area contributed by atoms with Gasteiger partial charge in [-0.25, -0.2) is 0 Å². The third kappa shape index (κ3) is 2.76. The zero-order valence-electron chi connectivity index (χ0n) is 15.9. The zero-order chi connectivity index (χ0) is 20.0. The Hall–Kier alpha value is -3.66. The van der Waals surface area contributed by atoms with E-state index in [-0.39, 0.29) is 11.9 Å². The van der Waals surface area contributed by atoms with Crippen LogP contribution in [-0.4, -0.2) is 18.0 Å². The van der Waals surface area contributed by atoms with Gasteiger partial charge in [0, 0.05) is 12.3 Å². The first-order valence-corrected chi connectivity index (χ1v) is 9.61. The van der Waals surface area contributed by atoms with Crippen molar-refractivity contribution in [2.75, 3.05) is 4.90 Å². The number of hydrogen-bond acceptors (Lipinski definition) is 3. The minimum absolute atomic E-state index is 0.200. The van der Waals surface area contributed by atoms with Gasteiger partial charge in [-0.05, 0) is 27.8 Å². The highest BCUT2D eigenvalue weighted by molar-refractivity contribution is 6.18. The number of carbonyl (C=O) groups excluding carboxylic acids is 2. The summed E-state index contributed by atoms with van der Waals surface area (Å²) in [6.07, 6.45) is -0.805. The van der Waals surface area contributed by atoms with Crippen molar-refractivity contribution >= 4 is 39.1 Å². The molecule has 142 valence electrons. The molecule has 2 atom stereocenters. The third-order valence-corrected chi connectivity index (χ3v) is 5.49. The van der Waals surface area contributed by atoms with E-state index < -0.39 is 12.1 Å². The quantitative estimate of drug-likeness (QED) is 0.285. The van der Waals surface area contributed by atoms with Gasteiger partial charge in [-0.15, -0.1) is 0 Å². The maximum atomic E-state index is 13.1. The lowest BCUT2D eigenvalue weighted by Crippen LogP contribution is -2.60. The molecule has 0 saturated carbocycles. The molecule has 0 unspecified atom stereocenters. The van der Waals surface area contributed by atoms with Crippen LogP contribution in [0.25, 0.3) is 21.5 Å². The van der Waals surface area contributed by atoms with E-state index in [9.17, 15) is 9.59 Å². The minimum atomic E-state index is -0.805. The van der Waals surface area contributed by atoms with E-state index in [4.69, 9.17) is 4.74 Å². The van der Waals surface area contributed by atoms with Crippen molar-refractivity contribution < 1.29 is 14.3 Å². The summed E-state index contributed by atoms with van der Waals surface area (Å²) in [7, 11) is 0. The lowest BCUT2D eigenvalue weighted by molar-refractivity contribution is -0.160. The van der Waals surface area contributed by atoms with Crippen molar-refractivity contribution in [1.82, 2.24) is 0 Å². The Morgan fingerprint density at radius 3 is 2.17 bits per heavy atom. The number of anilines is 1. The predicted molar refractivity (Wildman–Crippen MR) is 114 cm³/mol. The Labute approximate surface area is 168 Å². The van der Waals surface area contributed by atoms with Gasteiger partial charge in [-0.3, -0.25) is 14.5 Å². The predicted octanol–water partition coefficient (Wildman–Crippen LogP) is 5.01. The number of carbonyl (C=O) groups is 2. The average Bonchev–Trinajstić information content (AvgIpc) is 2.76. The van der Waals surface area contributed by atoms with Gasteiger partial charge in [0.05, 0.1) is 5.69 Å². The number of fused-ring (bicyclic) bond motifs is 3. The zero-order valence-corrected chi connectivity index (χ0v) is 15.9. The summed E-state index contributed by atoms with van der Waals surface area (Å²) < 4.78 is 5.39. The van der Waals surface area contributed by atoms with Crippen LogP contribution >= 0.6 is 0 Å². The van der Waals surface area contributed by atoms with E-state index >= 15 is 0 Å². The molecule has 1 fully saturated rings. The Kier molecular flexibility index (Phi) is 4.06. The summed E-state index contributed by atoms with van der Waals surface area (Å²) in [4.78, 5) is 26.5. The van der Waals surface area contributed by atoms with Crippen molar-refractivity contribution in [3.8, 4) is 0 Å². The van der Waals surface area contributed by atoms with Crippen LogP contribution in [0.1, 0.15) is 18.5 Å². The number of benzene rings is 4. The van der Waals surface area contributed by atoms with Gasteiger partial charge in [-0.2, -0.15) is 0 Å². The normalized spacial score (nSPS) is 18.7. The summed E-state index contributed by atoms with van der Waals surface area (Å²) in [6.45, 7) is 1.34. The molecule has 0 aliphatic carbocycles. The molecular weight excluding hydrogens is 362 g/mol. The van der Waals surface area contributed by atoms with Gasteiger partial charge in [0.15, 0.2) is 0 Å². The Morgan fingerprint density at radius 1 is 0.828 bits per heavy atom. The molecule has 4 aromatic carbocycles. The summed E-state index contributed by atoms with van der Waals surface area (Å²) in [5.74, 6) is -0.651. The number of hydrogen-bond donors (Lipinski definition) is 0. The number of amides is 1. The second kappa shape index (κ2) is 6.74. The third-order valence-electron chi connectivity index (χ3n) is 5.49. The second-order valence-electron chi connectivity index (χ2n) is 7.26. The number of β-lactam (4-membered cyclic amide) rings is 1. The molecule has 0 bridgehead atoms. The van der Waals surface area contributed by atoms with E-state index in [2.05, 4.69) is 24.3 Å². The molecule has 5 rings (SSSR count). The van der Waals surface area contributed by atoms with Crippen molar-refractivity contribution in [1.29, 1.82) is 0 Å². The van der Waals surface area contributed by atoms with Crippen molar-refractivity contribution in [3.05, 3.63) is 90.5 Å². The molecular formula is C25H19NO3. The van der Waals surface area contributed by atoms with E-state index in [0.717, 1.165) is 32.8 Å². The van der Waals surface area contributed by atoms with Crippen LogP contribution in [-0.2, 0) is 14.3 Å². The Morgan fingerprint density at radius 2 is 1.45 bits per heavy atom. The first kappa shape index (κ1) is 17.4. The number of ether oxygens (including phenoxy) is 1. The van der Waals surface area contributed by atoms with Crippen molar-refractivity contribution in [3.63, 3.8) is 0 Å². The lowest BCUT2D eigenvalue weighted by atomic mass is 9.88. The van der Waals surface area contributed by atoms with E-state index in [1.165, 1.54) is 6.92 Å². The summed E-state index contributed by atoms with van der Waals surface area (Å²) >= 11 is 0. The van der Waals surface area contributed by atoms with Crippen LogP contribution in [0.4, 0.5) is 5.69 Å². The fraction of sp³-hybridized carbons (Fsp3) is 0.120. The average molecular weight is 381 g/mol. The van der Waals surface area contributed by atoms with Gasteiger partial charge >= 0.3 is 5.97 Å². The Bertz CT molecular complexity index is 1250. The number of nitrogens with zero attached hydrogens (tertiary/aromatic N) is 1. The van der Waals surface area contributed by atoms with E-state index in [1.54, 1.807) is 4.90 Å². The smallest absolute Gasteiger partial charge is 0.303 e. The molecule has 1 amide bonds. The van der Waals surface area contributed by atoms with Crippen LogP contribution in [0, 0.1) is 0 Å². The molecule has 1 aliphatic heterocycles. The van der Waals surface area contributed by atoms with Crippen LogP contribution in [0.2, 0.25) is 0 Å². The monoisotopic (exact) mass is 381 g/mol. The van der Waals surface area contributed by atoms with Crippen molar-refractivity contribution in [2.45, 2.75) is 19.1 Å². The van der Waals surface area contributed by atoms with E-state index in [0.29, 0.717) is 0 Å². The van der Waals surface area contributed by atoms with Gasteiger partial charge in [0.25, 0.3) is 5.91 Å².